The molecule has 0 saturated heterocycles. The van der Waals surface area contributed by atoms with Gasteiger partial charge in [0.1, 0.15) is 5.76 Å². The first-order chi connectivity index (χ1) is 10.2. The molecule has 0 atom stereocenters. The van der Waals surface area contributed by atoms with Crippen molar-refractivity contribution in [1.29, 1.82) is 0 Å². The number of nitrogens with zero attached hydrogens (tertiary/aromatic N) is 2. The van der Waals surface area contributed by atoms with Crippen molar-refractivity contribution in [3.8, 4) is 11.3 Å². The Balaban J connectivity index is 1.76. The van der Waals surface area contributed by atoms with E-state index >= 15 is 0 Å². The molecule has 3 aromatic rings. The largest absolute Gasteiger partial charge is 0.463 e. The van der Waals surface area contributed by atoms with E-state index in [2.05, 4.69) is 15.5 Å². The number of hydrogen-bond acceptors (Lipinski definition) is 5. The molecule has 0 aliphatic carbocycles. The highest BCUT2D eigenvalue weighted by molar-refractivity contribution is 7.15. The highest BCUT2D eigenvalue weighted by Crippen LogP contribution is 2.30. The minimum Gasteiger partial charge on any atom is -0.463 e. The van der Waals surface area contributed by atoms with Gasteiger partial charge in [0.15, 0.2) is 0 Å². The molecule has 0 fully saturated rings. The molecule has 0 spiro atoms. The maximum absolute atomic E-state index is 5.90. The fourth-order valence-corrected chi connectivity index (χ4v) is 2.75. The van der Waals surface area contributed by atoms with Crippen LogP contribution in [0, 0.1) is 6.92 Å². The summed E-state index contributed by atoms with van der Waals surface area (Å²) in [6.07, 6.45) is 3.21. The minimum absolute atomic E-state index is 0.689. The topological polar surface area (TPSA) is 50.4 Å². The van der Waals surface area contributed by atoms with Crippen LogP contribution in [-0.2, 0) is 0 Å². The van der Waals surface area contributed by atoms with Crippen LogP contribution >= 0.6 is 22.9 Å². The van der Waals surface area contributed by atoms with Crippen LogP contribution in [0.25, 0.3) is 11.3 Å². The zero-order chi connectivity index (χ0) is 14.7. The summed E-state index contributed by atoms with van der Waals surface area (Å²) in [6.45, 7) is 2.03. The van der Waals surface area contributed by atoms with E-state index in [0.29, 0.717) is 10.8 Å². The van der Waals surface area contributed by atoms with Crippen LogP contribution in [0.4, 0.5) is 5.13 Å². The minimum atomic E-state index is 0.689. The summed E-state index contributed by atoms with van der Waals surface area (Å²) in [6, 6.07) is 11.3. The number of rotatable bonds is 4. The van der Waals surface area contributed by atoms with Gasteiger partial charge in [-0.1, -0.05) is 23.7 Å². The Hall–Kier alpha value is -2.11. The van der Waals surface area contributed by atoms with Crippen molar-refractivity contribution in [2.24, 2.45) is 5.10 Å². The fourth-order valence-electron chi connectivity index (χ4n) is 1.84. The van der Waals surface area contributed by atoms with Crippen molar-refractivity contribution in [1.82, 2.24) is 4.98 Å². The van der Waals surface area contributed by atoms with Gasteiger partial charge in [0.05, 0.1) is 18.2 Å². The summed E-state index contributed by atoms with van der Waals surface area (Å²) < 4.78 is 5.16. The average Bonchev–Trinajstić information content (AvgIpc) is 3.10. The van der Waals surface area contributed by atoms with E-state index in [9.17, 15) is 0 Å². The third kappa shape index (κ3) is 3.32. The van der Waals surface area contributed by atoms with Gasteiger partial charge in [0.2, 0.25) is 5.13 Å². The van der Waals surface area contributed by atoms with Gasteiger partial charge in [-0.25, -0.2) is 4.98 Å². The number of hydrazone groups is 1. The van der Waals surface area contributed by atoms with Crippen molar-refractivity contribution >= 4 is 34.3 Å². The van der Waals surface area contributed by atoms with Crippen molar-refractivity contribution in [3.63, 3.8) is 0 Å². The molecule has 2 heterocycles. The summed E-state index contributed by atoms with van der Waals surface area (Å²) in [5, 5.41) is 5.56. The normalized spacial score (nSPS) is 11.1. The molecule has 0 unspecified atom stereocenters. The molecule has 6 heteroatoms. The quantitative estimate of drug-likeness (QED) is 0.555. The molecule has 0 aliphatic rings. The van der Waals surface area contributed by atoms with Gasteiger partial charge >= 0.3 is 0 Å². The van der Waals surface area contributed by atoms with Gasteiger partial charge in [-0.05, 0) is 31.2 Å². The Kier molecular flexibility index (Phi) is 4.03. The fraction of sp³-hybridized carbons (Fsp3) is 0.0667. The van der Waals surface area contributed by atoms with Crippen molar-refractivity contribution in [3.05, 3.63) is 58.3 Å². The summed E-state index contributed by atoms with van der Waals surface area (Å²) in [7, 11) is 0. The van der Waals surface area contributed by atoms with Crippen LogP contribution < -0.4 is 5.43 Å². The standard InChI is InChI=1S/C15H12ClN3OS/c1-10-14(11-4-6-12(16)7-5-11)18-15(21-10)19-17-9-13-3-2-8-20-13/h2-9H,1H3,(H,18,19)/b17-9-. The van der Waals surface area contributed by atoms with Crippen LogP contribution in [0.3, 0.4) is 0 Å². The van der Waals surface area contributed by atoms with Crippen LogP contribution in [0.5, 0.6) is 0 Å². The smallest absolute Gasteiger partial charge is 0.204 e. The predicted molar refractivity (Wildman–Crippen MR) is 87.2 cm³/mol. The molecule has 0 bridgehead atoms. The SMILES string of the molecule is Cc1sc(N/N=C\c2ccco2)nc1-c1ccc(Cl)cc1. The van der Waals surface area contributed by atoms with E-state index in [1.807, 2.05) is 43.3 Å². The third-order valence-corrected chi connectivity index (χ3v) is 3.94. The molecule has 21 heavy (non-hydrogen) atoms. The van der Waals surface area contributed by atoms with Crippen molar-refractivity contribution < 1.29 is 4.42 Å². The number of benzene rings is 1. The number of furan rings is 1. The van der Waals surface area contributed by atoms with E-state index in [4.69, 9.17) is 16.0 Å². The van der Waals surface area contributed by atoms with Gasteiger partial charge < -0.3 is 4.42 Å². The van der Waals surface area contributed by atoms with Gasteiger partial charge in [0, 0.05) is 15.5 Å². The van der Waals surface area contributed by atoms with E-state index in [-0.39, 0.29) is 0 Å². The molecule has 2 aromatic heterocycles. The number of aryl methyl sites for hydroxylation is 1. The Bertz CT molecular complexity index is 748. The number of nitrogens with one attached hydrogen (secondary N) is 1. The number of hydrogen-bond donors (Lipinski definition) is 1. The Morgan fingerprint density at radius 2 is 2.10 bits per heavy atom. The average molecular weight is 318 g/mol. The van der Waals surface area contributed by atoms with Crippen LogP contribution in [0.1, 0.15) is 10.6 Å². The lowest BCUT2D eigenvalue weighted by Gasteiger charge is -1.98. The van der Waals surface area contributed by atoms with E-state index in [1.165, 1.54) is 0 Å². The number of anilines is 1. The first-order valence-electron chi connectivity index (χ1n) is 6.28. The van der Waals surface area contributed by atoms with Gasteiger partial charge in [0.25, 0.3) is 0 Å². The maximum atomic E-state index is 5.90. The van der Waals surface area contributed by atoms with Crippen LogP contribution in [0.2, 0.25) is 5.02 Å². The van der Waals surface area contributed by atoms with Crippen LogP contribution in [-0.4, -0.2) is 11.2 Å². The first kappa shape index (κ1) is 13.9. The first-order valence-corrected chi connectivity index (χ1v) is 7.48. The summed E-state index contributed by atoms with van der Waals surface area (Å²) >= 11 is 7.45. The van der Waals surface area contributed by atoms with Gasteiger partial charge in [-0.2, -0.15) is 5.10 Å². The zero-order valence-corrected chi connectivity index (χ0v) is 12.8. The maximum Gasteiger partial charge on any atom is 0.204 e. The third-order valence-electron chi connectivity index (χ3n) is 2.81. The van der Waals surface area contributed by atoms with Crippen molar-refractivity contribution in [2.75, 3.05) is 5.43 Å². The predicted octanol–water partition coefficient (Wildman–Crippen LogP) is 4.81. The second-order valence-corrected chi connectivity index (χ2v) is 5.96. The molecule has 0 aliphatic heterocycles. The summed E-state index contributed by atoms with van der Waals surface area (Å²) in [5.41, 5.74) is 4.89. The molecular formula is C15H12ClN3OS. The Morgan fingerprint density at radius 3 is 2.81 bits per heavy atom. The summed E-state index contributed by atoms with van der Waals surface area (Å²) in [5.74, 6) is 0.689. The molecule has 106 valence electrons. The highest BCUT2D eigenvalue weighted by Gasteiger charge is 2.09. The number of halogens is 1. The molecule has 4 nitrogen and oxygen atoms in total. The lowest BCUT2D eigenvalue weighted by atomic mass is 10.1. The number of thiazole rings is 1. The Labute approximate surface area is 131 Å². The van der Waals surface area contributed by atoms with Crippen molar-refractivity contribution in [2.45, 2.75) is 6.92 Å². The zero-order valence-electron chi connectivity index (χ0n) is 11.2. The monoisotopic (exact) mass is 317 g/mol. The highest BCUT2D eigenvalue weighted by atomic mass is 35.5. The molecular weight excluding hydrogens is 306 g/mol. The molecule has 0 radical (unpaired) electrons. The van der Waals surface area contributed by atoms with E-state index in [0.717, 1.165) is 21.3 Å². The molecule has 1 aromatic carbocycles. The van der Waals surface area contributed by atoms with Gasteiger partial charge in [-0.3, -0.25) is 5.43 Å². The molecule has 1 N–H and O–H groups in total. The lowest BCUT2D eigenvalue weighted by molar-refractivity contribution is 0.560. The van der Waals surface area contributed by atoms with Crippen LogP contribution in [0.15, 0.2) is 52.2 Å². The molecule has 3 rings (SSSR count). The van der Waals surface area contributed by atoms with Gasteiger partial charge in [-0.15, -0.1) is 11.3 Å². The molecule has 0 amide bonds. The Morgan fingerprint density at radius 1 is 1.29 bits per heavy atom. The summed E-state index contributed by atoms with van der Waals surface area (Å²) in [4.78, 5) is 5.67. The second-order valence-electron chi connectivity index (χ2n) is 4.32. The van der Waals surface area contributed by atoms with E-state index in [1.54, 1.807) is 23.8 Å². The number of aromatic nitrogens is 1. The lowest BCUT2D eigenvalue weighted by Crippen LogP contribution is -1.89. The molecule has 0 saturated carbocycles. The van der Waals surface area contributed by atoms with E-state index < -0.39 is 0 Å². The second kappa shape index (κ2) is 6.11.